The van der Waals surface area contributed by atoms with Gasteiger partial charge in [-0.05, 0) is 13.8 Å². The molecule has 0 N–H and O–H groups in total. The Labute approximate surface area is 102 Å². The maximum Gasteiger partial charge on any atom is 0.128 e. The van der Waals surface area contributed by atoms with E-state index in [1.54, 1.807) is 12.3 Å². The van der Waals surface area contributed by atoms with Crippen LogP contribution >= 0.6 is 24.0 Å². The van der Waals surface area contributed by atoms with Crippen molar-refractivity contribution in [1.82, 2.24) is 4.98 Å². The molecule has 4 heteroatoms. The van der Waals surface area contributed by atoms with Crippen LogP contribution in [0.1, 0.15) is 16.8 Å². The van der Waals surface area contributed by atoms with E-state index >= 15 is 0 Å². The summed E-state index contributed by atoms with van der Waals surface area (Å²) in [6.45, 7) is 8.06. The van der Waals surface area contributed by atoms with Crippen LogP contribution < -0.4 is 4.74 Å². The number of pyridine rings is 1. The molecule has 1 rings (SSSR count). The van der Waals surface area contributed by atoms with Gasteiger partial charge in [-0.3, -0.25) is 4.98 Å². The second kappa shape index (κ2) is 6.70. The Bertz CT molecular complexity index is 340. The monoisotopic (exact) mass is 247 g/mol. The molecule has 0 atom stereocenters. The summed E-state index contributed by atoms with van der Waals surface area (Å²) in [5.41, 5.74) is 2.91. The van der Waals surface area contributed by atoms with Gasteiger partial charge in [0.05, 0.1) is 11.6 Å². The fraction of sp³-hybridized carbons (Fsp3) is 0.364. The maximum atomic E-state index is 5.75. The second-order valence-corrected chi connectivity index (χ2v) is 3.34. The minimum absolute atomic E-state index is 0. The first-order chi connectivity index (χ1) is 6.70. The molecular formula is C11H15Cl2NO. The second-order valence-electron chi connectivity index (χ2n) is 3.08. The van der Waals surface area contributed by atoms with Crippen LogP contribution in [0.5, 0.6) is 5.75 Å². The minimum Gasteiger partial charge on any atom is -0.489 e. The molecule has 0 spiro atoms. The van der Waals surface area contributed by atoms with E-state index in [1.807, 2.05) is 13.8 Å². The summed E-state index contributed by atoms with van der Waals surface area (Å²) in [5.74, 6) is 1.28. The fourth-order valence-corrected chi connectivity index (χ4v) is 1.53. The van der Waals surface area contributed by atoms with E-state index in [2.05, 4.69) is 11.6 Å². The largest absolute Gasteiger partial charge is 0.489 e. The minimum atomic E-state index is 0. The third kappa shape index (κ3) is 3.40. The van der Waals surface area contributed by atoms with Crippen molar-refractivity contribution in [2.45, 2.75) is 19.7 Å². The SMILES string of the molecule is C=CCOc1c(C)cnc(CCl)c1C.Cl. The molecule has 0 unspecified atom stereocenters. The molecule has 0 radical (unpaired) electrons. The zero-order valence-corrected chi connectivity index (χ0v) is 10.5. The Kier molecular flexibility index (Phi) is 6.37. The van der Waals surface area contributed by atoms with Crippen molar-refractivity contribution in [3.8, 4) is 5.75 Å². The summed E-state index contributed by atoms with van der Waals surface area (Å²) in [4.78, 5) is 4.23. The van der Waals surface area contributed by atoms with Crippen molar-refractivity contribution >= 4 is 24.0 Å². The van der Waals surface area contributed by atoms with Crippen LogP contribution in [0, 0.1) is 13.8 Å². The normalized spacial score (nSPS) is 9.27. The Hall–Kier alpha value is -0.730. The van der Waals surface area contributed by atoms with E-state index in [4.69, 9.17) is 16.3 Å². The number of rotatable bonds is 4. The summed E-state index contributed by atoms with van der Waals surface area (Å²) < 4.78 is 5.54. The third-order valence-electron chi connectivity index (χ3n) is 2.02. The molecule has 15 heavy (non-hydrogen) atoms. The van der Waals surface area contributed by atoms with E-state index in [0.29, 0.717) is 12.5 Å². The van der Waals surface area contributed by atoms with Gasteiger partial charge < -0.3 is 4.74 Å². The average molecular weight is 248 g/mol. The van der Waals surface area contributed by atoms with Crippen molar-refractivity contribution < 1.29 is 4.74 Å². The Balaban J connectivity index is 0.00000196. The lowest BCUT2D eigenvalue weighted by molar-refractivity contribution is 0.357. The summed E-state index contributed by atoms with van der Waals surface area (Å²) in [7, 11) is 0. The highest BCUT2D eigenvalue weighted by Crippen LogP contribution is 2.25. The molecule has 84 valence electrons. The number of aromatic nitrogens is 1. The van der Waals surface area contributed by atoms with Crippen LogP contribution in [-0.4, -0.2) is 11.6 Å². The quantitative estimate of drug-likeness (QED) is 0.601. The molecule has 0 amide bonds. The first-order valence-electron chi connectivity index (χ1n) is 4.45. The third-order valence-corrected chi connectivity index (χ3v) is 2.27. The van der Waals surface area contributed by atoms with Crippen LogP contribution in [0.25, 0.3) is 0 Å². The molecule has 0 saturated heterocycles. The molecular weight excluding hydrogens is 233 g/mol. The topological polar surface area (TPSA) is 22.1 Å². The highest BCUT2D eigenvalue weighted by molar-refractivity contribution is 6.17. The highest BCUT2D eigenvalue weighted by atomic mass is 35.5. The predicted octanol–water partition coefficient (Wildman–Crippen LogP) is 3.42. The maximum absolute atomic E-state index is 5.75. The van der Waals surface area contributed by atoms with Gasteiger partial charge in [-0.2, -0.15) is 0 Å². The Morgan fingerprint density at radius 2 is 2.20 bits per heavy atom. The molecule has 1 aromatic heterocycles. The average Bonchev–Trinajstić information content (AvgIpc) is 2.18. The molecule has 2 nitrogen and oxygen atoms in total. The van der Waals surface area contributed by atoms with Gasteiger partial charge in [-0.1, -0.05) is 12.7 Å². The molecule has 0 aliphatic carbocycles. The zero-order chi connectivity index (χ0) is 10.6. The van der Waals surface area contributed by atoms with Gasteiger partial charge in [-0.15, -0.1) is 24.0 Å². The van der Waals surface area contributed by atoms with Crippen LogP contribution in [0.15, 0.2) is 18.9 Å². The lowest BCUT2D eigenvalue weighted by Gasteiger charge is -2.12. The first kappa shape index (κ1) is 14.3. The lowest BCUT2D eigenvalue weighted by atomic mass is 10.1. The van der Waals surface area contributed by atoms with Crippen molar-refractivity contribution in [1.29, 1.82) is 0 Å². The van der Waals surface area contributed by atoms with E-state index in [9.17, 15) is 0 Å². The number of hydrogen-bond acceptors (Lipinski definition) is 2. The molecule has 1 heterocycles. The number of hydrogen-bond donors (Lipinski definition) is 0. The van der Waals surface area contributed by atoms with Gasteiger partial charge in [0.25, 0.3) is 0 Å². The predicted molar refractivity (Wildman–Crippen MR) is 66.2 cm³/mol. The smallest absolute Gasteiger partial charge is 0.128 e. The van der Waals surface area contributed by atoms with Crippen LogP contribution in [0.2, 0.25) is 0 Å². The number of ether oxygens (including phenoxy) is 1. The van der Waals surface area contributed by atoms with Crippen LogP contribution in [-0.2, 0) is 5.88 Å². The number of halogens is 2. The van der Waals surface area contributed by atoms with Gasteiger partial charge in [-0.25, -0.2) is 0 Å². The van der Waals surface area contributed by atoms with Gasteiger partial charge in [0.1, 0.15) is 12.4 Å². The summed E-state index contributed by atoms with van der Waals surface area (Å²) in [6.07, 6.45) is 3.50. The van der Waals surface area contributed by atoms with Crippen LogP contribution in [0.4, 0.5) is 0 Å². The zero-order valence-electron chi connectivity index (χ0n) is 8.92. The van der Waals surface area contributed by atoms with E-state index in [-0.39, 0.29) is 12.4 Å². The number of aryl methyl sites for hydroxylation is 1. The molecule has 0 saturated carbocycles. The summed E-state index contributed by atoms with van der Waals surface area (Å²) >= 11 is 5.75. The van der Waals surface area contributed by atoms with Gasteiger partial charge in [0.2, 0.25) is 0 Å². The molecule has 1 aromatic rings. The van der Waals surface area contributed by atoms with E-state index < -0.39 is 0 Å². The Morgan fingerprint density at radius 3 is 2.73 bits per heavy atom. The van der Waals surface area contributed by atoms with Crippen molar-refractivity contribution in [3.05, 3.63) is 35.7 Å². The molecule has 0 fully saturated rings. The van der Waals surface area contributed by atoms with Gasteiger partial charge >= 0.3 is 0 Å². The molecule has 0 aromatic carbocycles. The molecule has 0 bridgehead atoms. The van der Waals surface area contributed by atoms with E-state index in [1.165, 1.54) is 0 Å². The van der Waals surface area contributed by atoms with Gasteiger partial charge in [0, 0.05) is 17.3 Å². The number of nitrogens with zero attached hydrogens (tertiary/aromatic N) is 1. The fourth-order valence-electron chi connectivity index (χ4n) is 1.26. The summed E-state index contributed by atoms with van der Waals surface area (Å²) in [5, 5.41) is 0. The van der Waals surface area contributed by atoms with Crippen LogP contribution in [0.3, 0.4) is 0 Å². The van der Waals surface area contributed by atoms with Crippen molar-refractivity contribution in [2.75, 3.05) is 6.61 Å². The first-order valence-corrected chi connectivity index (χ1v) is 4.99. The summed E-state index contributed by atoms with van der Waals surface area (Å²) in [6, 6.07) is 0. The Morgan fingerprint density at radius 1 is 1.53 bits per heavy atom. The van der Waals surface area contributed by atoms with Crippen molar-refractivity contribution in [3.63, 3.8) is 0 Å². The van der Waals surface area contributed by atoms with E-state index in [0.717, 1.165) is 22.6 Å². The van der Waals surface area contributed by atoms with Crippen molar-refractivity contribution in [2.24, 2.45) is 0 Å². The standard InChI is InChI=1S/C11H14ClNO.ClH/c1-4-5-14-11-8(2)7-13-10(6-12)9(11)3;/h4,7H,1,5-6H2,2-3H3;1H. The van der Waals surface area contributed by atoms with Gasteiger partial charge in [0.15, 0.2) is 0 Å². The lowest BCUT2D eigenvalue weighted by Crippen LogP contribution is -2.01. The molecule has 0 aliphatic heterocycles. The molecule has 0 aliphatic rings. The highest BCUT2D eigenvalue weighted by Gasteiger charge is 2.08. The number of alkyl halides is 1.